The number of para-hydroxylation sites is 1. The van der Waals surface area contributed by atoms with Crippen LogP contribution in [-0.4, -0.2) is 63.4 Å². The number of rotatable bonds is 6. The minimum atomic E-state index is -3.99. The Morgan fingerprint density at radius 3 is 2.35 bits per heavy atom. The van der Waals surface area contributed by atoms with Crippen LogP contribution in [0.3, 0.4) is 0 Å². The zero-order valence-corrected chi connectivity index (χ0v) is 17.0. The lowest BCUT2D eigenvalue weighted by atomic mass is 10.2. The predicted molar refractivity (Wildman–Crippen MR) is 110 cm³/mol. The van der Waals surface area contributed by atoms with Gasteiger partial charge in [0.2, 0.25) is 10.0 Å². The van der Waals surface area contributed by atoms with Gasteiger partial charge in [-0.2, -0.15) is 9.40 Å². The van der Waals surface area contributed by atoms with Gasteiger partial charge in [0.25, 0.3) is 11.4 Å². The number of sulfonamides is 1. The minimum Gasteiger partial charge on any atom is -0.282 e. The van der Waals surface area contributed by atoms with E-state index in [0.717, 1.165) is 5.52 Å². The van der Waals surface area contributed by atoms with Gasteiger partial charge in [0.1, 0.15) is 0 Å². The summed E-state index contributed by atoms with van der Waals surface area (Å²) in [5.41, 5.74) is 0.281. The Balaban J connectivity index is 1.46. The van der Waals surface area contributed by atoms with E-state index in [9.17, 15) is 28.6 Å². The van der Waals surface area contributed by atoms with E-state index in [4.69, 9.17) is 0 Å². The van der Waals surface area contributed by atoms with E-state index in [2.05, 4.69) is 5.10 Å². The number of nitro groups is 2. The van der Waals surface area contributed by atoms with Gasteiger partial charge >= 0.3 is 0 Å². The van der Waals surface area contributed by atoms with Crippen LogP contribution >= 0.6 is 0 Å². The van der Waals surface area contributed by atoms with Crippen molar-refractivity contribution in [2.75, 3.05) is 26.2 Å². The molecule has 162 valence electrons. The Kier molecular flexibility index (Phi) is 5.39. The number of aromatic nitrogens is 2. The van der Waals surface area contributed by atoms with Gasteiger partial charge < -0.3 is 0 Å². The average molecular weight is 446 g/mol. The first kappa shape index (κ1) is 20.8. The van der Waals surface area contributed by atoms with Gasteiger partial charge in [0.15, 0.2) is 4.90 Å². The molecule has 0 bridgehead atoms. The second-order valence-electron chi connectivity index (χ2n) is 7.03. The van der Waals surface area contributed by atoms with Crippen molar-refractivity contribution in [3.63, 3.8) is 0 Å². The van der Waals surface area contributed by atoms with Gasteiger partial charge in [0.05, 0.1) is 28.2 Å². The average Bonchev–Trinajstić information content (AvgIpc) is 3.16. The second-order valence-corrected chi connectivity index (χ2v) is 8.94. The molecule has 31 heavy (non-hydrogen) atoms. The lowest BCUT2D eigenvalue weighted by Gasteiger charge is -2.33. The molecule has 12 nitrogen and oxygen atoms in total. The smallest absolute Gasteiger partial charge is 0.282 e. The van der Waals surface area contributed by atoms with E-state index in [-0.39, 0.29) is 23.7 Å². The van der Waals surface area contributed by atoms with Gasteiger partial charge in [-0.25, -0.2) is 8.42 Å². The van der Waals surface area contributed by atoms with E-state index >= 15 is 0 Å². The summed E-state index contributed by atoms with van der Waals surface area (Å²) in [6.45, 7) is 1.57. The lowest BCUT2D eigenvalue weighted by molar-refractivity contribution is -0.387. The van der Waals surface area contributed by atoms with Crippen molar-refractivity contribution < 1.29 is 18.3 Å². The zero-order valence-electron chi connectivity index (χ0n) is 16.2. The van der Waals surface area contributed by atoms with Crippen LogP contribution in [0.4, 0.5) is 11.4 Å². The highest BCUT2D eigenvalue weighted by Gasteiger charge is 2.33. The van der Waals surface area contributed by atoms with Crippen molar-refractivity contribution in [2.24, 2.45) is 0 Å². The van der Waals surface area contributed by atoms with Crippen LogP contribution in [0.1, 0.15) is 0 Å². The van der Waals surface area contributed by atoms with Crippen LogP contribution in [-0.2, 0) is 16.7 Å². The summed E-state index contributed by atoms with van der Waals surface area (Å²) >= 11 is 0. The van der Waals surface area contributed by atoms with Crippen LogP contribution in [0.5, 0.6) is 0 Å². The highest BCUT2D eigenvalue weighted by atomic mass is 32.2. The van der Waals surface area contributed by atoms with E-state index in [1.807, 2.05) is 4.90 Å². The molecule has 0 atom stereocenters. The van der Waals surface area contributed by atoms with Crippen LogP contribution in [0.2, 0.25) is 0 Å². The maximum absolute atomic E-state index is 12.9. The molecule has 0 amide bonds. The zero-order chi connectivity index (χ0) is 22.2. The molecule has 1 aliphatic rings. The summed E-state index contributed by atoms with van der Waals surface area (Å²) in [6, 6.07) is 9.82. The molecule has 0 radical (unpaired) electrons. The number of benzene rings is 2. The summed E-state index contributed by atoms with van der Waals surface area (Å²) in [7, 11) is -3.99. The molecule has 0 aliphatic carbocycles. The first-order chi connectivity index (χ1) is 14.8. The topological polar surface area (TPSA) is 145 Å². The summed E-state index contributed by atoms with van der Waals surface area (Å²) in [5, 5.41) is 27.1. The fourth-order valence-corrected chi connectivity index (χ4v) is 5.15. The fourth-order valence-electron chi connectivity index (χ4n) is 3.57. The molecule has 0 unspecified atom stereocenters. The third kappa shape index (κ3) is 3.97. The minimum absolute atomic E-state index is 0.0131. The van der Waals surface area contributed by atoms with Crippen molar-refractivity contribution in [1.82, 2.24) is 19.0 Å². The monoisotopic (exact) mass is 446 g/mol. The molecule has 3 aromatic rings. The Bertz CT molecular complexity index is 1270. The Hall–Kier alpha value is -3.42. The molecular formula is C18H18N6O6S. The highest BCUT2D eigenvalue weighted by Crippen LogP contribution is 2.27. The molecular weight excluding hydrogens is 428 g/mol. The summed E-state index contributed by atoms with van der Waals surface area (Å²) in [6.07, 6.45) is 1.55. The largest absolute Gasteiger partial charge is 0.289 e. The van der Waals surface area contributed by atoms with Gasteiger partial charge in [0, 0.05) is 49.8 Å². The number of fused-ring (bicyclic) bond motifs is 1. The van der Waals surface area contributed by atoms with E-state index in [1.54, 1.807) is 16.9 Å². The van der Waals surface area contributed by atoms with Gasteiger partial charge in [-0.15, -0.1) is 0 Å². The van der Waals surface area contributed by atoms with Crippen molar-refractivity contribution in [3.8, 4) is 0 Å². The molecule has 4 rings (SSSR count). The standard InChI is InChI=1S/C18H18N6O6S/c25-23(26)15-5-6-16-14(11-15)12-19-22(16)13-20-7-9-21(10-8-20)31(29,30)18-4-2-1-3-17(18)24(27)28/h1-6,11-12H,7-10,13H2. The van der Waals surface area contributed by atoms with E-state index in [0.29, 0.717) is 25.1 Å². The number of nitrogens with zero attached hydrogens (tertiary/aromatic N) is 6. The van der Waals surface area contributed by atoms with Crippen molar-refractivity contribution in [1.29, 1.82) is 0 Å². The van der Waals surface area contributed by atoms with Gasteiger partial charge in [-0.3, -0.25) is 29.8 Å². The molecule has 2 heterocycles. The van der Waals surface area contributed by atoms with E-state index in [1.165, 1.54) is 40.7 Å². The van der Waals surface area contributed by atoms with Crippen LogP contribution in [0.15, 0.2) is 53.6 Å². The first-order valence-corrected chi connectivity index (χ1v) is 10.8. The van der Waals surface area contributed by atoms with Crippen LogP contribution in [0.25, 0.3) is 10.9 Å². The molecule has 1 fully saturated rings. The highest BCUT2D eigenvalue weighted by molar-refractivity contribution is 7.89. The van der Waals surface area contributed by atoms with Gasteiger partial charge in [-0.1, -0.05) is 12.1 Å². The van der Waals surface area contributed by atoms with E-state index < -0.39 is 25.6 Å². The molecule has 2 aromatic carbocycles. The second kappa shape index (κ2) is 8.02. The Labute approximate surface area is 176 Å². The summed E-state index contributed by atoms with van der Waals surface area (Å²) in [5.74, 6) is 0. The number of hydrogen-bond acceptors (Lipinski definition) is 8. The Morgan fingerprint density at radius 2 is 1.68 bits per heavy atom. The third-order valence-corrected chi connectivity index (χ3v) is 7.13. The lowest BCUT2D eigenvalue weighted by Crippen LogP contribution is -2.49. The van der Waals surface area contributed by atoms with Crippen molar-refractivity contribution in [2.45, 2.75) is 11.6 Å². The van der Waals surface area contributed by atoms with Crippen molar-refractivity contribution >= 4 is 32.3 Å². The third-order valence-electron chi connectivity index (χ3n) is 5.18. The summed E-state index contributed by atoms with van der Waals surface area (Å²) < 4.78 is 28.8. The number of hydrogen-bond donors (Lipinski definition) is 0. The molecule has 1 saturated heterocycles. The summed E-state index contributed by atoms with van der Waals surface area (Å²) in [4.78, 5) is 22.7. The molecule has 0 N–H and O–H groups in total. The number of non-ortho nitro benzene ring substituents is 1. The molecule has 0 saturated carbocycles. The van der Waals surface area contributed by atoms with Crippen LogP contribution < -0.4 is 0 Å². The maximum Gasteiger partial charge on any atom is 0.289 e. The molecule has 1 aromatic heterocycles. The number of piperazine rings is 1. The normalized spacial score (nSPS) is 15.9. The first-order valence-electron chi connectivity index (χ1n) is 9.33. The van der Waals surface area contributed by atoms with Crippen molar-refractivity contribution in [3.05, 3.63) is 68.9 Å². The maximum atomic E-state index is 12.9. The molecule has 13 heteroatoms. The molecule has 0 spiro atoms. The number of nitro benzene ring substituents is 2. The van der Waals surface area contributed by atoms with Crippen LogP contribution in [0, 0.1) is 20.2 Å². The quantitative estimate of drug-likeness (QED) is 0.412. The Morgan fingerprint density at radius 1 is 0.968 bits per heavy atom. The van der Waals surface area contributed by atoms with Gasteiger partial charge in [-0.05, 0) is 12.1 Å². The predicted octanol–water partition coefficient (Wildman–Crippen LogP) is 1.82. The fraction of sp³-hybridized carbons (Fsp3) is 0.278. The molecule has 1 aliphatic heterocycles. The SMILES string of the molecule is O=[N+]([O-])c1ccc2c(cnn2CN2CCN(S(=O)(=O)c3ccccc3[N+](=O)[O-])CC2)c1.